The molecule has 1 amide bonds. The Balaban J connectivity index is 1.39. The Labute approximate surface area is 207 Å². The van der Waals surface area contributed by atoms with Gasteiger partial charge < -0.3 is 14.3 Å². The molecule has 182 valence electrons. The Hall–Kier alpha value is -4.27. The van der Waals surface area contributed by atoms with Crippen molar-refractivity contribution in [3.63, 3.8) is 0 Å². The Bertz CT molecular complexity index is 1500. The summed E-state index contributed by atoms with van der Waals surface area (Å²) in [4.78, 5) is 23.2. The van der Waals surface area contributed by atoms with Crippen LogP contribution >= 0.6 is 0 Å². The van der Waals surface area contributed by atoms with Crippen LogP contribution in [0.5, 0.6) is 0 Å². The van der Waals surface area contributed by atoms with Crippen molar-refractivity contribution in [3.8, 4) is 11.3 Å². The van der Waals surface area contributed by atoms with Gasteiger partial charge in [-0.05, 0) is 37.0 Å². The molecule has 0 radical (unpaired) electrons. The molecule has 1 aliphatic rings. The molecule has 1 aliphatic carbocycles. The van der Waals surface area contributed by atoms with E-state index in [-0.39, 0.29) is 11.8 Å². The number of carbonyl (C=O) groups excluding carboxylic acids is 1. The number of aromatic nitrogens is 5. The molecule has 9 heteroatoms. The number of benzene rings is 1. The van der Waals surface area contributed by atoms with Crippen LogP contribution in [0.2, 0.25) is 0 Å². The van der Waals surface area contributed by atoms with Crippen LogP contribution in [0.15, 0.2) is 69.9 Å². The van der Waals surface area contributed by atoms with E-state index in [2.05, 4.69) is 20.6 Å². The number of amides is 1. The second-order valence-electron chi connectivity index (χ2n) is 9.50. The van der Waals surface area contributed by atoms with E-state index in [1.165, 1.54) is 0 Å². The number of nitrogens with one attached hydrogen (secondary N) is 1. The highest BCUT2D eigenvalue weighted by Crippen LogP contribution is 2.39. The van der Waals surface area contributed by atoms with Crippen LogP contribution in [0, 0.1) is 5.92 Å². The van der Waals surface area contributed by atoms with E-state index in [1.807, 2.05) is 62.4 Å². The summed E-state index contributed by atoms with van der Waals surface area (Å²) >= 11 is 0. The molecule has 9 nitrogen and oxygen atoms in total. The Morgan fingerprint density at radius 1 is 1.14 bits per heavy atom. The third kappa shape index (κ3) is 4.28. The lowest BCUT2D eigenvalue weighted by Gasteiger charge is -2.19. The van der Waals surface area contributed by atoms with Crippen LogP contribution < -0.4 is 5.32 Å². The zero-order valence-corrected chi connectivity index (χ0v) is 20.1. The summed E-state index contributed by atoms with van der Waals surface area (Å²) in [6, 6.07) is 14.9. The molecule has 36 heavy (non-hydrogen) atoms. The van der Waals surface area contributed by atoms with Gasteiger partial charge in [-0.2, -0.15) is 10.1 Å². The maximum Gasteiger partial charge on any atom is 0.252 e. The topological polar surface area (TPSA) is 112 Å². The minimum atomic E-state index is -0.418. The van der Waals surface area contributed by atoms with Gasteiger partial charge in [0.05, 0.1) is 29.1 Å². The minimum Gasteiger partial charge on any atom is -0.467 e. The molecule has 0 bridgehead atoms. The largest absolute Gasteiger partial charge is 0.467 e. The molecular weight excluding hydrogens is 456 g/mol. The summed E-state index contributed by atoms with van der Waals surface area (Å²) in [6.07, 6.45) is 5.46. The molecule has 1 N–H and O–H groups in total. The fourth-order valence-corrected chi connectivity index (χ4v) is 4.27. The lowest BCUT2D eigenvalue weighted by molar-refractivity contribution is 0.0915. The number of furan rings is 1. The van der Waals surface area contributed by atoms with Gasteiger partial charge in [-0.15, -0.1) is 0 Å². The summed E-state index contributed by atoms with van der Waals surface area (Å²) in [5.74, 6) is 2.08. The van der Waals surface area contributed by atoms with Gasteiger partial charge in [0.2, 0.25) is 5.89 Å². The van der Waals surface area contributed by atoms with Gasteiger partial charge in [0, 0.05) is 11.5 Å². The van der Waals surface area contributed by atoms with Gasteiger partial charge in [0.1, 0.15) is 18.3 Å². The van der Waals surface area contributed by atoms with Crippen molar-refractivity contribution in [1.82, 2.24) is 30.2 Å². The monoisotopic (exact) mass is 482 g/mol. The van der Waals surface area contributed by atoms with Crippen molar-refractivity contribution in [3.05, 3.63) is 84.0 Å². The highest BCUT2D eigenvalue weighted by molar-refractivity contribution is 6.06. The van der Waals surface area contributed by atoms with Crippen molar-refractivity contribution in [2.75, 3.05) is 0 Å². The van der Waals surface area contributed by atoms with Crippen LogP contribution in [0.1, 0.15) is 66.5 Å². The van der Waals surface area contributed by atoms with Crippen molar-refractivity contribution in [1.29, 1.82) is 0 Å². The molecule has 0 aliphatic heterocycles. The summed E-state index contributed by atoms with van der Waals surface area (Å²) < 4.78 is 12.8. The van der Waals surface area contributed by atoms with Crippen molar-refractivity contribution >= 4 is 16.9 Å². The molecule has 1 fully saturated rings. The molecule has 5 aromatic rings. The number of hydrogen-bond acceptors (Lipinski definition) is 7. The second-order valence-corrected chi connectivity index (χ2v) is 9.50. The Kier molecular flexibility index (Phi) is 5.59. The highest BCUT2D eigenvalue weighted by Gasteiger charge is 2.32. The van der Waals surface area contributed by atoms with Crippen LogP contribution in [0.25, 0.3) is 22.3 Å². The lowest BCUT2D eigenvalue weighted by atomic mass is 10.0. The van der Waals surface area contributed by atoms with Gasteiger partial charge >= 0.3 is 0 Å². The molecule has 1 atom stereocenters. The molecule has 4 heterocycles. The molecule has 1 unspecified atom stereocenters. The molecule has 0 spiro atoms. The Morgan fingerprint density at radius 2 is 1.97 bits per heavy atom. The maximum atomic E-state index is 13.7. The molecular formula is C27H26N6O3. The predicted molar refractivity (Wildman–Crippen MR) is 132 cm³/mol. The quantitative estimate of drug-likeness (QED) is 0.326. The molecule has 1 saturated carbocycles. The van der Waals surface area contributed by atoms with Gasteiger partial charge in [-0.3, -0.25) is 4.79 Å². The smallest absolute Gasteiger partial charge is 0.252 e. The summed E-state index contributed by atoms with van der Waals surface area (Å²) in [5.41, 5.74) is 2.68. The second kappa shape index (κ2) is 9.07. The number of fused-ring (bicyclic) bond motifs is 1. The first kappa shape index (κ1) is 22.2. The average Bonchev–Trinajstić information content (AvgIpc) is 3.25. The molecule has 4 aromatic heterocycles. The SMILES string of the molecule is CC(C)C(NC(=O)c1cc(-c2ccccc2)nc2c1cnn2Cc1ccco1)c1nc(C2CC2)no1. The number of pyridine rings is 1. The number of carbonyl (C=O) groups is 1. The van der Waals surface area contributed by atoms with Gasteiger partial charge in [-0.1, -0.05) is 49.3 Å². The van der Waals surface area contributed by atoms with Crippen LogP contribution in [-0.4, -0.2) is 30.8 Å². The van der Waals surface area contributed by atoms with E-state index in [0.717, 1.165) is 30.0 Å². The van der Waals surface area contributed by atoms with E-state index in [0.29, 0.717) is 40.6 Å². The van der Waals surface area contributed by atoms with Crippen molar-refractivity contribution in [2.45, 2.75) is 45.2 Å². The van der Waals surface area contributed by atoms with Gasteiger partial charge in [0.25, 0.3) is 5.91 Å². The summed E-state index contributed by atoms with van der Waals surface area (Å²) in [7, 11) is 0. The van der Waals surface area contributed by atoms with Gasteiger partial charge in [-0.25, -0.2) is 9.67 Å². The van der Waals surface area contributed by atoms with Crippen molar-refractivity contribution in [2.24, 2.45) is 5.92 Å². The first-order valence-electron chi connectivity index (χ1n) is 12.2. The fraction of sp³-hybridized carbons (Fsp3) is 0.296. The first-order valence-corrected chi connectivity index (χ1v) is 12.2. The Morgan fingerprint density at radius 3 is 2.69 bits per heavy atom. The molecule has 6 rings (SSSR count). The number of rotatable bonds is 8. The number of hydrogen-bond donors (Lipinski definition) is 1. The first-order chi connectivity index (χ1) is 17.6. The molecule has 1 aromatic carbocycles. The van der Waals surface area contributed by atoms with E-state index in [1.54, 1.807) is 17.1 Å². The normalized spacial score (nSPS) is 14.4. The van der Waals surface area contributed by atoms with Crippen LogP contribution in [0.4, 0.5) is 0 Å². The molecule has 0 saturated heterocycles. The zero-order chi connectivity index (χ0) is 24.6. The summed E-state index contributed by atoms with van der Waals surface area (Å²) in [5, 5.41) is 12.4. The maximum absolute atomic E-state index is 13.7. The van der Waals surface area contributed by atoms with E-state index >= 15 is 0 Å². The van der Waals surface area contributed by atoms with Crippen molar-refractivity contribution < 1.29 is 13.7 Å². The van der Waals surface area contributed by atoms with E-state index in [9.17, 15) is 4.79 Å². The third-order valence-electron chi connectivity index (χ3n) is 6.43. The zero-order valence-electron chi connectivity index (χ0n) is 20.1. The lowest BCUT2D eigenvalue weighted by Crippen LogP contribution is -2.32. The third-order valence-corrected chi connectivity index (χ3v) is 6.43. The highest BCUT2D eigenvalue weighted by atomic mass is 16.5. The van der Waals surface area contributed by atoms with Crippen LogP contribution in [0.3, 0.4) is 0 Å². The standard InChI is InChI=1S/C27H26N6O3/c1-16(2)23(27-31-24(32-36-27)18-10-11-18)30-26(34)20-13-22(17-7-4-3-5-8-17)29-25-21(20)14-28-33(25)15-19-9-6-12-35-19/h3-9,12-14,16,18,23H,10-11,15H2,1-2H3,(H,30,34). The fourth-order valence-electron chi connectivity index (χ4n) is 4.27. The predicted octanol–water partition coefficient (Wildman–Crippen LogP) is 5.13. The van der Waals surface area contributed by atoms with Crippen LogP contribution in [-0.2, 0) is 6.54 Å². The average molecular weight is 483 g/mol. The number of nitrogens with zero attached hydrogens (tertiary/aromatic N) is 5. The van der Waals surface area contributed by atoms with E-state index < -0.39 is 6.04 Å². The minimum absolute atomic E-state index is 0.0500. The van der Waals surface area contributed by atoms with Gasteiger partial charge in [0.15, 0.2) is 11.5 Å². The van der Waals surface area contributed by atoms with E-state index in [4.69, 9.17) is 13.9 Å². The summed E-state index contributed by atoms with van der Waals surface area (Å²) in [6.45, 7) is 4.44.